The quantitative estimate of drug-likeness (QED) is 0.656. The smallest absolute Gasteiger partial charge is 0.204 e. The van der Waals surface area contributed by atoms with Crippen molar-refractivity contribution in [3.8, 4) is 0 Å². The van der Waals surface area contributed by atoms with Gasteiger partial charge in [0, 0.05) is 4.88 Å². The molecular weight excluding hydrogens is 262 g/mol. The third kappa shape index (κ3) is 2.39. The fourth-order valence-corrected chi connectivity index (χ4v) is 4.50. The number of hydrogen-bond acceptors (Lipinski definition) is 1. The van der Waals surface area contributed by atoms with E-state index < -0.39 is 0 Å². The second kappa shape index (κ2) is 5.42. The van der Waals surface area contributed by atoms with Gasteiger partial charge >= 0.3 is 0 Å². The van der Waals surface area contributed by atoms with Crippen LogP contribution in [0.25, 0.3) is 4.85 Å². The monoisotopic (exact) mass is 281 g/mol. The molecule has 1 nitrogen and oxygen atoms in total. The van der Waals surface area contributed by atoms with Crippen molar-refractivity contribution in [2.45, 2.75) is 39.5 Å². The van der Waals surface area contributed by atoms with Gasteiger partial charge in [0.25, 0.3) is 0 Å². The summed E-state index contributed by atoms with van der Waals surface area (Å²) in [4.78, 5) is 6.60. The van der Waals surface area contributed by atoms with Crippen molar-refractivity contribution in [1.82, 2.24) is 0 Å². The van der Waals surface area contributed by atoms with Gasteiger partial charge in [-0.2, -0.15) is 11.3 Å². The maximum Gasteiger partial charge on any atom is 0.204 e. The minimum Gasteiger partial charge on any atom is -0.237 e. The molecular formula is C18H19NS. The van der Waals surface area contributed by atoms with Crippen molar-refractivity contribution in [3.05, 3.63) is 62.1 Å². The SMILES string of the molecule is [C-]#[N+]c1c(Cc2ccccc2C)sc2c1CCC(C)C2. The number of nitrogens with zero attached hydrogens (tertiary/aromatic N) is 1. The van der Waals surface area contributed by atoms with Gasteiger partial charge in [0.2, 0.25) is 5.69 Å². The van der Waals surface area contributed by atoms with Gasteiger partial charge in [-0.1, -0.05) is 31.2 Å². The highest BCUT2D eigenvalue weighted by molar-refractivity contribution is 7.12. The number of aryl methyl sites for hydroxylation is 1. The number of rotatable bonds is 2. The van der Waals surface area contributed by atoms with E-state index >= 15 is 0 Å². The van der Waals surface area contributed by atoms with E-state index in [0.717, 1.165) is 30.9 Å². The molecule has 1 aromatic carbocycles. The summed E-state index contributed by atoms with van der Waals surface area (Å²) < 4.78 is 0. The maximum atomic E-state index is 7.54. The molecule has 0 saturated carbocycles. The van der Waals surface area contributed by atoms with Crippen molar-refractivity contribution in [3.63, 3.8) is 0 Å². The molecule has 20 heavy (non-hydrogen) atoms. The van der Waals surface area contributed by atoms with Gasteiger partial charge in [0.05, 0.1) is 6.57 Å². The molecule has 0 spiro atoms. The molecule has 102 valence electrons. The molecule has 2 aromatic rings. The van der Waals surface area contributed by atoms with Gasteiger partial charge in [-0.25, -0.2) is 4.85 Å². The summed E-state index contributed by atoms with van der Waals surface area (Å²) in [5.41, 5.74) is 4.99. The van der Waals surface area contributed by atoms with Gasteiger partial charge in [-0.3, -0.25) is 0 Å². The molecule has 1 aliphatic carbocycles. The summed E-state index contributed by atoms with van der Waals surface area (Å²) in [6, 6.07) is 8.51. The second-order valence-electron chi connectivity index (χ2n) is 5.84. The van der Waals surface area contributed by atoms with E-state index in [0.29, 0.717) is 0 Å². The molecule has 0 aliphatic heterocycles. The van der Waals surface area contributed by atoms with E-state index in [2.05, 4.69) is 43.0 Å². The summed E-state index contributed by atoms with van der Waals surface area (Å²) in [7, 11) is 0. The van der Waals surface area contributed by atoms with E-state index in [4.69, 9.17) is 6.57 Å². The first-order valence-electron chi connectivity index (χ1n) is 7.24. The molecule has 1 aliphatic rings. The van der Waals surface area contributed by atoms with Crippen LogP contribution in [0.2, 0.25) is 0 Å². The molecule has 1 unspecified atom stereocenters. The zero-order chi connectivity index (χ0) is 14.1. The molecule has 1 heterocycles. The molecule has 0 N–H and O–H groups in total. The maximum absolute atomic E-state index is 7.54. The van der Waals surface area contributed by atoms with E-state index in [1.54, 1.807) is 0 Å². The van der Waals surface area contributed by atoms with Crippen LogP contribution in [0.5, 0.6) is 0 Å². The predicted molar refractivity (Wildman–Crippen MR) is 85.8 cm³/mol. The molecule has 1 aromatic heterocycles. The highest BCUT2D eigenvalue weighted by Gasteiger charge is 2.23. The minimum absolute atomic E-state index is 0.769. The van der Waals surface area contributed by atoms with Crippen molar-refractivity contribution in [1.29, 1.82) is 0 Å². The summed E-state index contributed by atoms with van der Waals surface area (Å²) in [5, 5.41) is 0. The van der Waals surface area contributed by atoms with Crippen molar-refractivity contribution >= 4 is 17.0 Å². The Hall–Kier alpha value is -1.59. The lowest BCUT2D eigenvalue weighted by atomic mass is 9.89. The van der Waals surface area contributed by atoms with Crippen LogP contribution < -0.4 is 0 Å². The molecule has 0 fully saturated rings. The Morgan fingerprint density at radius 1 is 1.35 bits per heavy atom. The van der Waals surface area contributed by atoms with E-state index in [9.17, 15) is 0 Å². The highest BCUT2D eigenvalue weighted by Crippen LogP contribution is 2.42. The Balaban J connectivity index is 1.99. The van der Waals surface area contributed by atoms with Gasteiger partial charge in [-0.05, 0) is 60.1 Å². The second-order valence-corrected chi connectivity index (χ2v) is 7.03. The molecule has 3 rings (SSSR count). The Labute approximate surface area is 125 Å². The first kappa shape index (κ1) is 13.4. The highest BCUT2D eigenvalue weighted by atomic mass is 32.1. The zero-order valence-corrected chi connectivity index (χ0v) is 12.9. The van der Waals surface area contributed by atoms with Crippen LogP contribution >= 0.6 is 11.3 Å². The number of benzene rings is 1. The molecule has 0 saturated heterocycles. The Morgan fingerprint density at radius 3 is 2.90 bits per heavy atom. The first-order chi connectivity index (χ1) is 9.69. The lowest BCUT2D eigenvalue weighted by Gasteiger charge is -2.17. The third-order valence-electron chi connectivity index (χ3n) is 4.28. The standard InChI is InChI=1S/C18H19NS/c1-12-8-9-15-16(10-12)20-17(18(15)19-3)11-14-7-5-4-6-13(14)2/h4-7,12H,8-11H2,1-2H3. The number of fused-ring (bicyclic) bond motifs is 1. The van der Waals surface area contributed by atoms with E-state index in [1.807, 2.05) is 11.3 Å². The van der Waals surface area contributed by atoms with E-state index in [1.165, 1.54) is 32.9 Å². The van der Waals surface area contributed by atoms with Crippen LogP contribution in [0, 0.1) is 19.4 Å². The summed E-state index contributed by atoms with van der Waals surface area (Å²) >= 11 is 1.88. The lowest BCUT2D eigenvalue weighted by Crippen LogP contribution is -2.08. The predicted octanol–water partition coefficient (Wildman–Crippen LogP) is 5.32. The van der Waals surface area contributed by atoms with Gasteiger partial charge in [0.1, 0.15) is 0 Å². The molecule has 1 atom stereocenters. The van der Waals surface area contributed by atoms with Crippen LogP contribution in [-0.2, 0) is 19.3 Å². The van der Waals surface area contributed by atoms with Crippen molar-refractivity contribution in [2.24, 2.45) is 5.92 Å². The van der Waals surface area contributed by atoms with Crippen molar-refractivity contribution < 1.29 is 0 Å². The summed E-state index contributed by atoms with van der Waals surface area (Å²) in [5.74, 6) is 0.769. The molecule has 2 heteroatoms. The molecule has 0 radical (unpaired) electrons. The van der Waals surface area contributed by atoms with Crippen LogP contribution in [0.4, 0.5) is 5.69 Å². The molecule has 0 bridgehead atoms. The van der Waals surface area contributed by atoms with Gasteiger partial charge in [-0.15, -0.1) is 0 Å². The Kier molecular flexibility index (Phi) is 3.63. The van der Waals surface area contributed by atoms with Gasteiger partial charge in [0.15, 0.2) is 0 Å². The third-order valence-corrected chi connectivity index (χ3v) is 5.52. The van der Waals surface area contributed by atoms with Crippen LogP contribution in [0.1, 0.15) is 39.8 Å². The van der Waals surface area contributed by atoms with Gasteiger partial charge < -0.3 is 0 Å². The lowest BCUT2D eigenvalue weighted by molar-refractivity contribution is 0.508. The Bertz CT molecular complexity index is 675. The number of thiophene rings is 1. The average molecular weight is 281 g/mol. The minimum atomic E-state index is 0.769. The summed E-state index contributed by atoms with van der Waals surface area (Å²) in [6.07, 6.45) is 4.40. The topological polar surface area (TPSA) is 4.36 Å². The van der Waals surface area contributed by atoms with Crippen LogP contribution in [0.3, 0.4) is 0 Å². The van der Waals surface area contributed by atoms with Crippen LogP contribution in [-0.4, -0.2) is 0 Å². The molecule has 0 amide bonds. The van der Waals surface area contributed by atoms with E-state index in [-0.39, 0.29) is 0 Å². The zero-order valence-electron chi connectivity index (χ0n) is 12.1. The average Bonchev–Trinajstić information content (AvgIpc) is 2.77. The first-order valence-corrected chi connectivity index (χ1v) is 8.06. The largest absolute Gasteiger partial charge is 0.237 e. The fraction of sp³-hybridized carbons (Fsp3) is 0.389. The number of hydrogen-bond donors (Lipinski definition) is 0. The summed E-state index contributed by atoms with van der Waals surface area (Å²) in [6.45, 7) is 12.0. The van der Waals surface area contributed by atoms with Crippen molar-refractivity contribution in [2.75, 3.05) is 0 Å². The fourth-order valence-electron chi connectivity index (χ4n) is 3.02. The Morgan fingerprint density at radius 2 is 2.15 bits per heavy atom. The van der Waals surface area contributed by atoms with Crippen LogP contribution in [0.15, 0.2) is 24.3 Å². The normalized spacial score (nSPS) is 17.6.